The standard InChI is InChI=1S/C30H61N3O2/c1-4-6-8-10-12-16-20-26-33(30(34)32-25-24-31)27-21-17-14-15-19-23-29(3)35-28-22-18-13-11-9-7-5-2/h3-28,31H2,1-2H3,(H,32,34). The van der Waals surface area contributed by atoms with Crippen molar-refractivity contribution in [3.63, 3.8) is 0 Å². The van der Waals surface area contributed by atoms with Crippen LogP contribution in [0.25, 0.3) is 0 Å². The van der Waals surface area contributed by atoms with Crippen molar-refractivity contribution in [2.75, 3.05) is 32.8 Å². The van der Waals surface area contributed by atoms with Crippen LogP contribution in [-0.2, 0) is 4.74 Å². The summed E-state index contributed by atoms with van der Waals surface area (Å²) in [5.41, 5.74) is 5.56. The highest BCUT2D eigenvalue weighted by Crippen LogP contribution is 2.13. The number of carbonyl (C=O) groups excluding carboxylic acids is 1. The van der Waals surface area contributed by atoms with Crippen LogP contribution in [0.2, 0.25) is 0 Å². The maximum absolute atomic E-state index is 12.5. The summed E-state index contributed by atoms with van der Waals surface area (Å²) >= 11 is 0. The van der Waals surface area contributed by atoms with E-state index < -0.39 is 0 Å². The van der Waals surface area contributed by atoms with Gasteiger partial charge in [-0.05, 0) is 25.7 Å². The van der Waals surface area contributed by atoms with Gasteiger partial charge in [-0.1, -0.05) is 117 Å². The van der Waals surface area contributed by atoms with Gasteiger partial charge in [-0.25, -0.2) is 4.79 Å². The molecular weight excluding hydrogens is 434 g/mol. The molecule has 2 amide bonds. The summed E-state index contributed by atoms with van der Waals surface area (Å²) in [5, 5.41) is 2.95. The Labute approximate surface area is 219 Å². The predicted molar refractivity (Wildman–Crippen MR) is 153 cm³/mol. The molecule has 0 aliphatic rings. The molecule has 0 saturated heterocycles. The van der Waals surface area contributed by atoms with E-state index in [0.29, 0.717) is 13.1 Å². The zero-order valence-corrected chi connectivity index (χ0v) is 23.7. The molecule has 0 aromatic carbocycles. The van der Waals surface area contributed by atoms with Crippen molar-refractivity contribution in [2.45, 2.75) is 142 Å². The Hall–Kier alpha value is -1.23. The van der Waals surface area contributed by atoms with E-state index in [0.717, 1.165) is 57.6 Å². The molecule has 35 heavy (non-hydrogen) atoms. The first kappa shape index (κ1) is 33.8. The molecule has 208 valence electrons. The van der Waals surface area contributed by atoms with Crippen LogP contribution in [0.5, 0.6) is 0 Å². The molecular formula is C30H61N3O2. The molecule has 0 radical (unpaired) electrons. The van der Waals surface area contributed by atoms with E-state index >= 15 is 0 Å². The van der Waals surface area contributed by atoms with Gasteiger partial charge >= 0.3 is 6.03 Å². The van der Waals surface area contributed by atoms with Gasteiger partial charge in [0.25, 0.3) is 0 Å². The van der Waals surface area contributed by atoms with Gasteiger partial charge in [-0.2, -0.15) is 0 Å². The van der Waals surface area contributed by atoms with E-state index in [-0.39, 0.29) is 6.03 Å². The fourth-order valence-electron chi connectivity index (χ4n) is 4.37. The van der Waals surface area contributed by atoms with Crippen molar-refractivity contribution >= 4 is 6.03 Å². The molecule has 3 N–H and O–H groups in total. The molecule has 0 aromatic heterocycles. The van der Waals surface area contributed by atoms with Crippen LogP contribution in [0.15, 0.2) is 12.3 Å². The van der Waals surface area contributed by atoms with Crippen LogP contribution >= 0.6 is 0 Å². The molecule has 0 unspecified atom stereocenters. The SMILES string of the molecule is C=C(CCCCCCCN(CCCCCCCCC)C(=O)NCCN)OCCCCCCCCC. The number of nitrogens with zero attached hydrogens (tertiary/aromatic N) is 1. The number of rotatable bonds is 27. The van der Waals surface area contributed by atoms with E-state index in [4.69, 9.17) is 10.5 Å². The van der Waals surface area contributed by atoms with Crippen molar-refractivity contribution < 1.29 is 9.53 Å². The Bertz CT molecular complexity index is 471. The summed E-state index contributed by atoms with van der Waals surface area (Å²) < 4.78 is 5.81. The lowest BCUT2D eigenvalue weighted by Crippen LogP contribution is -2.42. The highest BCUT2D eigenvalue weighted by Gasteiger charge is 2.12. The van der Waals surface area contributed by atoms with Crippen LogP contribution in [0.3, 0.4) is 0 Å². The van der Waals surface area contributed by atoms with E-state index in [1.54, 1.807) is 0 Å². The lowest BCUT2D eigenvalue weighted by Gasteiger charge is -2.23. The van der Waals surface area contributed by atoms with Gasteiger partial charge in [0.2, 0.25) is 0 Å². The zero-order valence-electron chi connectivity index (χ0n) is 23.7. The highest BCUT2D eigenvalue weighted by molar-refractivity contribution is 5.74. The molecule has 0 saturated carbocycles. The zero-order chi connectivity index (χ0) is 25.8. The quantitative estimate of drug-likeness (QED) is 0.0889. The number of carbonyl (C=O) groups is 1. The monoisotopic (exact) mass is 495 g/mol. The second-order valence-electron chi connectivity index (χ2n) is 10.2. The predicted octanol–water partition coefficient (Wildman–Crippen LogP) is 8.33. The van der Waals surface area contributed by atoms with Crippen LogP contribution in [0, 0.1) is 0 Å². The summed E-state index contributed by atoms with van der Waals surface area (Å²) in [6, 6.07) is 0.0517. The van der Waals surface area contributed by atoms with Gasteiger partial charge in [0.1, 0.15) is 0 Å². The summed E-state index contributed by atoms with van der Waals surface area (Å²) in [7, 11) is 0. The summed E-state index contributed by atoms with van der Waals surface area (Å²) in [4.78, 5) is 14.5. The largest absolute Gasteiger partial charge is 0.499 e. The maximum Gasteiger partial charge on any atom is 0.317 e. The molecule has 0 rings (SSSR count). The van der Waals surface area contributed by atoms with Gasteiger partial charge < -0.3 is 20.7 Å². The number of hydrogen-bond acceptors (Lipinski definition) is 3. The number of unbranched alkanes of at least 4 members (excludes halogenated alkanes) is 16. The number of nitrogens with one attached hydrogen (secondary N) is 1. The molecule has 5 nitrogen and oxygen atoms in total. The second-order valence-corrected chi connectivity index (χ2v) is 10.2. The Morgan fingerprint density at radius 3 is 1.69 bits per heavy atom. The average Bonchev–Trinajstić information content (AvgIpc) is 2.86. The average molecular weight is 496 g/mol. The molecule has 0 heterocycles. The second kappa shape index (κ2) is 27.4. The van der Waals surface area contributed by atoms with E-state index in [9.17, 15) is 4.79 Å². The van der Waals surface area contributed by atoms with Crippen LogP contribution in [-0.4, -0.2) is 43.7 Å². The summed E-state index contributed by atoms with van der Waals surface area (Å²) in [6.45, 7) is 12.2. The minimum atomic E-state index is 0.0517. The fourth-order valence-corrected chi connectivity index (χ4v) is 4.37. The summed E-state index contributed by atoms with van der Waals surface area (Å²) in [5.74, 6) is 0.952. The first-order valence-corrected chi connectivity index (χ1v) is 15.2. The van der Waals surface area contributed by atoms with Gasteiger partial charge in [0.05, 0.1) is 12.4 Å². The number of allylic oxidation sites excluding steroid dienone is 1. The van der Waals surface area contributed by atoms with Crippen molar-refractivity contribution in [1.29, 1.82) is 0 Å². The van der Waals surface area contributed by atoms with Crippen LogP contribution in [0.4, 0.5) is 4.79 Å². The topological polar surface area (TPSA) is 67.6 Å². The molecule has 0 aliphatic heterocycles. The Balaban J connectivity index is 3.78. The molecule has 0 aliphatic carbocycles. The van der Waals surface area contributed by atoms with Gasteiger partial charge in [0, 0.05) is 32.6 Å². The minimum Gasteiger partial charge on any atom is -0.499 e. The Kier molecular flexibility index (Phi) is 26.4. The van der Waals surface area contributed by atoms with Gasteiger partial charge in [-0.15, -0.1) is 0 Å². The van der Waals surface area contributed by atoms with Gasteiger partial charge in [-0.3, -0.25) is 0 Å². The molecule has 0 spiro atoms. The highest BCUT2D eigenvalue weighted by atomic mass is 16.5. The molecule has 0 atom stereocenters. The minimum absolute atomic E-state index is 0.0517. The van der Waals surface area contributed by atoms with Crippen molar-refractivity contribution in [2.24, 2.45) is 5.73 Å². The lowest BCUT2D eigenvalue weighted by molar-refractivity contribution is 0.193. The smallest absolute Gasteiger partial charge is 0.317 e. The third-order valence-corrected chi connectivity index (χ3v) is 6.68. The first-order valence-electron chi connectivity index (χ1n) is 15.2. The number of nitrogens with two attached hydrogens (primary N) is 1. The number of ether oxygens (including phenoxy) is 1. The van der Waals surface area contributed by atoms with E-state index in [2.05, 4.69) is 25.7 Å². The Morgan fingerprint density at radius 1 is 0.714 bits per heavy atom. The maximum atomic E-state index is 12.5. The summed E-state index contributed by atoms with van der Waals surface area (Å²) in [6.07, 6.45) is 24.9. The van der Waals surface area contributed by atoms with Crippen LogP contribution in [0.1, 0.15) is 142 Å². The number of urea groups is 1. The number of amides is 2. The molecule has 0 bridgehead atoms. The third kappa shape index (κ3) is 24.2. The van der Waals surface area contributed by atoms with Crippen molar-refractivity contribution in [3.8, 4) is 0 Å². The molecule has 5 heteroatoms. The first-order chi connectivity index (χ1) is 17.2. The van der Waals surface area contributed by atoms with Gasteiger partial charge in [0.15, 0.2) is 0 Å². The van der Waals surface area contributed by atoms with Crippen molar-refractivity contribution in [1.82, 2.24) is 10.2 Å². The molecule has 0 aromatic rings. The third-order valence-electron chi connectivity index (χ3n) is 6.68. The normalized spacial score (nSPS) is 10.9. The van der Waals surface area contributed by atoms with E-state index in [1.165, 1.54) is 96.3 Å². The Morgan fingerprint density at radius 2 is 1.17 bits per heavy atom. The number of hydrogen-bond donors (Lipinski definition) is 2. The lowest BCUT2D eigenvalue weighted by atomic mass is 10.1. The molecule has 0 fully saturated rings. The van der Waals surface area contributed by atoms with Crippen LogP contribution < -0.4 is 11.1 Å². The van der Waals surface area contributed by atoms with Crippen molar-refractivity contribution in [3.05, 3.63) is 12.3 Å². The van der Waals surface area contributed by atoms with E-state index in [1.807, 2.05) is 4.90 Å². The fraction of sp³-hybridized carbons (Fsp3) is 0.900.